The molecule has 88 valence electrons. The van der Waals surface area contributed by atoms with Gasteiger partial charge < -0.3 is 5.11 Å². The number of rotatable bonds is 4. The van der Waals surface area contributed by atoms with Gasteiger partial charge in [0.2, 0.25) is 0 Å². The van der Waals surface area contributed by atoms with Crippen LogP contribution in [0.1, 0.15) is 28.6 Å². The zero-order valence-corrected chi connectivity index (χ0v) is 10.5. The van der Waals surface area contributed by atoms with Crippen molar-refractivity contribution >= 4 is 17.3 Å². The second-order valence-corrected chi connectivity index (χ2v) is 4.83. The van der Waals surface area contributed by atoms with Crippen LogP contribution in [0.3, 0.4) is 0 Å². The fourth-order valence-corrected chi connectivity index (χ4v) is 2.60. The first-order chi connectivity index (χ1) is 8.22. The molecular formula is C14H14O2S. The van der Waals surface area contributed by atoms with Crippen LogP contribution in [0, 0.1) is 0 Å². The van der Waals surface area contributed by atoms with Gasteiger partial charge >= 0.3 is 5.97 Å². The van der Waals surface area contributed by atoms with Crippen molar-refractivity contribution in [2.75, 3.05) is 0 Å². The summed E-state index contributed by atoms with van der Waals surface area (Å²) in [6, 6.07) is 10.0. The quantitative estimate of drug-likeness (QED) is 0.883. The molecule has 0 unspecified atom stereocenters. The molecule has 1 heterocycles. The molecule has 1 aromatic heterocycles. The van der Waals surface area contributed by atoms with Gasteiger partial charge in [0.25, 0.3) is 0 Å². The third-order valence-electron chi connectivity index (χ3n) is 2.66. The molecule has 0 aliphatic rings. The highest BCUT2D eigenvalue weighted by molar-refractivity contribution is 7.12. The second-order valence-electron chi connectivity index (χ2n) is 3.92. The maximum absolute atomic E-state index is 11.0. The molecule has 0 fully saturated rings. The second kappa shape index (κ2) is 5.15. The van der Waals surface area contributed by atoms with E-state index >= 15 is 0 Å². The van der Waals surface area contributed by atoms with Crippen LogP contribution in [0.25, 0.3) is 11.1 Å². The molecule has 0 amide bonds. The lowest BCUT2D eigenvalue weighted by Crippen LogP contribution is -1.94. The van der Waals surface area contributed by atoms with Gasteiger partial charge in [-0.15, -0.1) is 11.3 Å². The van der Waals surface area contributed by atoms with E-state index in [4.69, 9.17) is 5.11 Å². The van der Waals surface area contributed by atoms with Crippen LogP contribution in [-0.4, -0.2) is 11.1 Å². The van der Waals surface area contributed by atoms with Crippen LogP contribution in [-0.2, 0) is 6.42 Å². The minimum atomic E-state index is -0.854. The Balaban J connectivity index is 2.33. The van der Waals surface area contributed by atoms with E-state index in [1.165, 1.54) is 16.9 Å². The number of thiophene rings is 1. The molecule has 17 heavy (non-hydrogen) atoms. The molecule has 1 N–H and O–H groups in total. The van der Waals surface area contributed by atoms with E-state index in [-0.39, 0.29) is 0 Å². The number of carbonyl (C=O) groups is 1. The summed E-state index contributed by atoms with van der Waals surface area (Å²) in [5.41, 5.74) is 3.08. The maximum Gasteiger partial charge on any atom is 0.346 e. The Morgan fingerprint density at radius 1 is 1.24 bits per heavy atom. The topological polar surface area (TPSA) is 37.3 Å². The van der Waals surface area contributed by atoms with Gasteiger partial charge in [-0.3, -0.25) is 0 Å². The van der Waals surface area contributed by atoms with Crippen molar-refractivity contribution in [1.82, 2.24) is 0 Å². The number of aryl methyl sites for hydroxylation is 1. The Kier molecular flexibility index (Phi) is 3.59. The van der Waals surface area contributed by atoms with Crippen LogP contribution in [0.2, 0.25) is 0 Å². The maximum atomic E-state index is 11.0. The third-order valence-corrected chi connectivity index (χ3v) is 3.57. The highest BCUT2D eigenvalue weighted by Gasteiger charge is 2.12. The predicted molar refractivity (Wildman–Crippen MR) is 70.7 cm³/mol. The molecule has 1 aromatic carbocycles. The first-order valence-corrected chi connectivity index (χ1v) is 6.50. The van der Waals surface area contributed by atoms with Gasteiger partial charge in [-0.25, -0.2) is 4.79 Å². The minimum Gasteiger partial charge on any atom is -0.477 e. The molecule has 0 radical (unpaired) electrons. The Labute approximate surface area is 105 Å². The highest BCUT2D eigenvalue weighted by Crippen LogP contribution is 2.28. The normalized spacial score (nSPS) is 10.4. The molecule has 0 bridgehead atoms. The number of carboxylic acid groups (broad SMARTS) is 1. The smallest absolute Gasteiger partial charge is 0.346 e. The SMILES string of the molecule is CCCc1ccc(-c2ccsc2C(=O)O)cc1. The van der Waals surface area contributed by atoms with E-state index in [9.17, 15) is 4.79 Å². The molecule has 0 aliphatic heterocycles. The lowest BCUT2D eigenvalue weighted by Gasteiger charge is -2.03. The zero-order chi connectivity index (χ0) is 12.3. The third kappa shape index (κ3) is 2.56. The Bertz CT molecular complexity index is 511. The summed E-state index contributed by atoms with van der Waals surface area (Å²) in [4.78, 5) is 11.4. The Morgan fingerprint density at radius 2 is 1.94 bits per heavy atom. The molecule has 0 saturated heterocycles. The van der Waals surface area contributed by atoms with Crippen molar-refractivity contribution in [2.24, 2.45) is 0 Å². The summed E-state index contributed by atoms with van der Waals surface area (Å²) >= 11 is 1.27. The van der Waals surface area contributed by atoms with E-state index < -0.39 is 5.97 Å². The van der Waals surface area contributed by atoms with Crippen LogP contribution in [0.15, 0.2) is 35.7 Å². The summed E-state index contributed by atoms with van der Waals surface area (Å²) in [7, 11) is 0. The molecule has 0 aliphatic carbocycles. The molecule has 2 aromatic rings. The monoisotopic (exact) mass is 246 g/mol. The van der Waals surface area contributed by atoms with Gasteiger partial charge in [0, 0.05) is 5.56 Å². The van der Waals surface area contributed by atoms with Crippen molar-refractivity contribution in [3.05, 3.63) is 46.2 Å². The van der Waals surface area contributed by atoms with Crippen molar-refractivity contribution < 1.29 is 9.90 Å². The first kappa shape index (κ1) is 11.9. The predicted octanol–water partition coefficient (Wildman–Crippen LogP) is 4.07. The average molecular weight is 246 g/mol. The Morgan fingerprint density at radius 3 is 2.53 bits per heavy atom. The van der Waals surface area contributed by atoms with E-state index in [1.807, 2.05) is 23.6 Å². The average Bonchev–Trinajstić information content (AvgIpc) is 2.79. The molecule has 2 nitrogen and oxygen atoms in total. The molecule has 0 atom stereocenters. The highest BCUT2D eigenvalue weighted by atomic mass is 32.1. The van der Waals surface area contributed by atoms with E-state index in [2.05, 4.69) is 19.1 Å². The molecule has 0 saturated carbocycles. The van der Waals surface area contributed by atoms with Crippen molar-refractivity contribution in [1.29, 1.82) is 0 Å². The Hall–Kier alpha value is -1.61. The number of hydrogen-bond acceptors (Lipinski definition) is 2. The fraction of sp³-hybridized carbons (Fsp3) is 0.214. The van der Waals surface area contributed by atoms with Crippen molar-refractivity contribution in [2.45, 2.75) is 19.8 Å². The van der Waals surface area contributed by atoms with E-state index in [0.29, 0.717) is 4.88 Å². The van der Waals surface area contributed by atoms with Crippen LogP contribution in [0.5, 0.6) is 0 Å². The first-order valence-electron chi connectivity index (χ1n) is 5.62. The number of carboxylic acids is 1. The van der Waals surface area contributed by atoms with E-state index in [0.717, 1.165) is 24.0 Å². The van der Waals surface area contributed by atoms with E-state index in [1.54, 1.807) is 0 Å². The van der Waals surface area contributed by atoms with Gasteiger partial charge in [-0.1, -0.05) is 37.6 Å². The van der Waals surface area contributed by atoms with Crippen molar-refractivity contribution in [3.8, 4) is 11.1 Å². The standard InChI is InChI=1S/C14H14O2S/c1-2-3-10-4-6-11(7-5-10)12-8-9-17-13(12)14(15)16/h4-9H,2-3H2,1H3,(H,15,16). The van der Waals surface area contributed by atoms with Crippen molar-refractivity contribution in [3.63, 3.8) is 0 Å². The molecule has 3 heteroatoms. The summed E-state index contributed by atoms with van der Waals surface area (Å²) in [6.07, 6.45) is 2.19. The van der Waals surface area contributed by atoms with Gasteiger partial charge in [-0.2, -0.15) is 0 Å². The molecular weight excluding hydrogens is 232 g/mol. The number of benzene rings is 1. The van der Waals surface area contributed by atoms with Gasteiger partial charge in [0.05, 0.1) is 0 Å². The number of aromatic carboxylic acids is 1. The zero-order valence-electron chi connectivity index (χ0n) is 9.64. The summed E-state index contributed by atoms with van der Waals surface area (Å²) in [6.45, 7) is 2.15. The van der Waals surface area contributed by atoms with Gasteiger partial charge in [0.1, 0.15) is 4.88 Å². The molecule has 0 spiro atoms. The summed E-state index contributed by atoms with van der Waals surface area (Å²) in [5.74, 6) is -0.854. The fourth-order valence-electron chi connectivity index (χ4n) is 1.84. The lowest BCUT2D eigenvalue weighted by atomic mass is 10.0. The van der Waals surface area contributed by atoms with Gasteiger partial charge in [-0.05, 0) is 29.0 Å². The minimum absolute atomic E-state index is 0.410. The number of hydrogen-bond donors (Lipinski definition) is 1. The van der Waals surface area contributed by atoms with Crippen LogP contribution in [0.4, 0.5) is 0 Å². The van der Waals surface area contributed by atoms with Crippen LogP contribution < -0.4 is 0 Å². The molecule has 2 rings (SSSR count). The van der Waals surface area contributed by atoms with Gasteiger partial charge in [0.15, 0.2) is 0 Å². The van der Waals surface area contributed by atoms with Crippen LogP contribution >= 0.6 is 11.3 Å². The summed E-state index contributed by atoms with van der Waals surface area (Å²) < 4.78 is 0. The largest absolute Gasteiger partial charge is 0.477 e. The summed E-state index contributed by atoms with van der Waals surface area (Å²) in [5, 5.41) is 10.9. The lowest BCUT2D eigenvalue weighted by molar-refractivity contribution is 0.0703.